The summed E-state index contributed by atoms with van der Waals surface area (Å²) < 4.78 is 12.6. The highest BCUT2D eigenvalue weighted by atomic mass is 16.5. The molecule has 4 rings (SSSR count). The first-order valence-corrected chi connectivity index (χ1v) is 8.63. The van der Waals surface area contributed by atoms with Crippen LogP contribution in [0.3, 0.4) is 0 Å². The van der Waals surface area contributed by atoms with E-state index in [1.54, 1.807) is 35.1 Å². The van der Waals surface area contributed by atoms with Crippen LogP contribution in [0.5, 0.6) is 0 Å². The van der Waals surface area contributed by atoms with Gasteiger partial charge in [0.2, 0.25) is 0 Å². The van der Waals surface area contributed by atoms with Crippen LogP contribution in [0.2, 0.25) is 0 Å². The molecule has 2 aliphatic rings. The van der Waals surface area contributed by atoms with Gasteiger partial charge in [0.15, 0.2) is 0 Å². The molecule has 0 spiro atoms. The summed E-state index contributed by atoms with van der Waals surface area (Å²) in [5.74, 6) is -0.233. The van der Waals surface area contributed by atoms with Gasteiger partial charge in [0.25, 0.3) is 11.8 Å². The molecule has 26 heavy (non-hydrogen) atoms. The summed E-state index contributed by atoms with van der Waals surface area (Å²) in [7, 11) is 1.60. The molecular formula is C17H21N5O4. The fourth-order valence-corrected chi connectivity index (χ4v) is 3.44. The minimum absolute atomic E-state index is 0.00945. The van der Waals surface area contributed by atoms with Gasteiger partial charge in [-0.3, -0.25) is 14.6 Å². The van der Waals surface area contributed by atoms with Crippen LogP contribution in [0.25, 0.3) is 5.52 Å². The van der Waals surface area contributed by atoms with Crippen molar-refractivity contribution >= 4 is 17.3 Å². The van der Waals surface area contributed by atoms with Crippen LogP contribution in [0.1, 0.15) is 23.2 Å². The third-order valence-corrected chi connectivity index (χ3v) is 5.05. The Morgan fingerprint density at radius 2 is 2.27 bits per heavy atom. The van der Waals surface area contributed by atoms with Crippen molar-refractivity contribution in [1.82, 2.24) is 24.8 Å². The van der Waals surface area contributed by atoms with Gasteiger partial charge in [0.1, 0.15) is 11.7 Å². The Hall–Kier alpha value is -2.52. The summed E-state index contributed by atoms with van der Waals surface area (Å²) in [4.78, 5) is 30.6. The van der Waals surface area contributed by atoms with Gasteiger partial charge >= 0.3 is 0 Å². The van der Waals surface area contributed by atoms with E-state index in [-0.39, 0.29) is 17.9 Å². The molecule has 1 N–H and O–H groups in total. The Morgan fingerprint density at radius 1 is 1.42 bits per heavy atom. The number of carbonyl (C=O) groups excluding carboxylic acids is 2. The standard InChI is InChI=1S/C17H21N5O4/c1-25-17(10-21(11-17)16(24)14-3-2-6-26-14)9-19-15(23)12-7-20-22-5-4-18-8-13(12)22/h4-5,7-8,14H,2-3,6,9-11H2,1H3,(H,19,23)/t14-/m1/s1. The normalized spacial score (nSPS) is 21.6. The molecule has 9 heteroatoms. The Bertz CT molecular complexity index is 823. The molecule has 0 bridgehead atoms. The average Bonchev–Trinajstić information content (AvgIpc) is 3.30. The second kappa shape index (κ2) is 6.65. The number of fused-ring (bicyclic) bond motifs is 1. The lowest BCUT2D eigenvalue weighted by Gasteiger charge is -2.49. The number of carbonyl (C=O) groups is 2. The van der Waals surface area contributed by atoms with Gasteiger partial charge in [-0.05, 0) is 12.8 Å². The van der Waals surface area contributed by atoms with E-state index >= 15 is 0 Å². The molecule has 0 aromatic carbocycles. The van der Waals surface area contributed by atoms with Crippen LogP contribution in [0.15, 0.2) is 24.8 Å². The molecule has 0 radical (unpaired) electrons. The van der Waals surface area contributed by atoms with Crippen molar-refractivity contribution in [3.63, 3.8) is 0 Å². The second-order valence-corrected chi connectivity index (χ2v) is 6.73. The zero-order chi connectivity index (χ0) is 18.1. The quantitative estimate of drug-likeness (QED) is 0.798. The van der Waals surface area contributed by atoms with E-state index in [9.17, 15) is 9.59 Å². The van der Waals surface area contributed by atoms with E-state index in [1.165, 1.54) is 6.20 Å². The molecule has 2 aliphatic heterocycles. The van der Waals surface area contributed by atoms with Crippen molar-refractivity contribution in [2.45, 2.75) is 24.5 Å². The molecule has 2 saturated heterocycles. The maximum absolute atomic E-state index is 12.5. The number of amides is 2. The van der Waals surface area contributed by atoms with Gasteiger partial charge in [-0.25, -0.2) is 4.52 Å². The maximum atomic E-state index is 12.5. The summed E-state index contributed by atoms with van der Waals surface area (Å²) in [6.45, 7) is 1.84. The second-order valence-electron chi connectivity index (χ2n) is 6.73. The number of ether oxygens (including phenoxy) is 2. The van der Waals surface area contributed by atoms with E-state index in [0.717, 1.165) is 12.8 Å². The van der Waals surface area contributed by atoms with Gasteiger partial charge in [-0.2, -0.15) is 5.10 Å². The summed E-state index contributed by atoms with van der Waals surface area (Å²) in [6.07, 6.45) is 7.77. The Balaban J connectivity index is 1.36. The Kier molecular flexibility index (Phi) is 4.33. The molecule has 2 fully saturated rings. The zero-order valence-electron chi connectivity index (χ0n) is 14.6. The highest BCUT2D eigenvalue weighted by Crippen LogP contribution is 2.27. The van der Waals surface area contributed by atoms with Crippen LogP contribution >= 0.6 is 0 Å². The maximum Gasteiger partial charge on any atom is 0.255 e. The molecule has 0 unspecified atom stereocenters. The van der Waals surface area contributed by atoms with Gasteiger partial charge in [0.05, 0.1) is 43.1 Å². The van der Waals surface area contributed by atoms with Crippen LogP contribution in [-0.2, 0) is 14.3 Å². The molecule has 2 aromatic rings. The molecule has 0 saturated carbocycles. The van der Waals surface area contributed by atoms with Crippen LogP contribution in [0, 0.1) is 0 Å². The van der Waals surface area contributed by atoms with Gasteiger partial charge in [0, 0.05) is 26.1 Å². The van der Waals surface area contributed by atoms with Gasteiger partial charge < -0.3 is 19.7 Å². The minimum Gasteiger partial charge on any atom is -0.373 e. The van der Waals surface area contributed by atoms with E-state index in [1.807, 2.05) is 0 Å². The number of likely N-dealkylation sites (tertiary alicyclic amines) is 1. The molecular weight excluding hydrogens is 338 g/mol. The number of rotatable bonds is 5. The van der Waals surface area contributed by atoms with Crippen molar-refractivity contribution in [2.24, 2.45) is 0 Å². The van der Waals surface area contributed by atoms with Crippen LogP contribution in [-0.4, -0.2) is 76.4 Å². The lowest BCUT2D eigenvalue weighted by Crippen LogP contribution is -2.69. The highest BCUT2D eigenvalue weighted by molar-refractivity contribution is 6.00. The molecule has 9 nitrogen and oxygen atoms in total. The lowest BCUT2D eigenvalue weighted by molar-refractivity contribution is -0.168. The van der Waals surface area contributed by atoms with Crippen molar-refractivity contribution in [3.05, 3.63) is 30.4 Å². The number of nitrogens with one attached hydrogen (secondary N) is 1. The largest absolute Gasteiger partial charge is 0.373 e. The smallest absolute Gasteiger partial charge is 0.255 e. The number of nitrogens with zero attached hydrogens (tertiary/aromatic N) is 4. The summed E-state index contributed by atoms with van der Waals surface area (Å²) in [5, 5.41) is 7.02. The van der Waals surface area contributed by atoms with Crippen molar-refractivity contribution < 1.29 is 19.1 Å². The van der Waals surface area contributed by atoms with Crippen molar-refractivity contribution in [2.75, 3.05) is 33.4 Å². The number of methoxy groups -OCH3 is 1. The molecule has 4 heterocycles. The summed E-state index contributed by atoms with van der Waals surface area (Å²) in [6, 6.07) is 0. The van der Waals surface area contributed by atoms with Gasteiger partial charge in [-0.1, -0.05) is 0 Å². The zero-order valence-corrected chi connectivity index (χ0v) is 14.6. The molecule has 2 amide bonds. The third-order valence-electron chi connectivity index (χ3n) is 5.05. The first-order chi connectivity index (χ1) is 12.6. The minimum atomic E-state index is -0.564. The van der Waals surface area contributed by atoms with Crippen molar-refractivity contribution in [1.29, 1.82) is 0 Å². The summed E-state index contributed by atoms with van der Waals surface area (Å²) in [5.41, 5.74) is 0.529. The molecule has 0 aliphatic carbocycles. The van der Waals surface area contributed by atoms with Crippen molar-refractivity contribution in [3.8, 4) is 0 Å². The molecule has 1 atom stereocenters. The van der Waals surface area contributed by atoms with Crippen LogP contribution < -0.4 is 5.32 Å². The van der Waals surface area contributed by atoms with E-state index < -0.39 is 5.60 Å². The number of hydrogen-bond acceptors (Lipinski definition) is 6. The topological polar surface area (TPSA) is 98.1 Å². The number of aromatic nitrogens is 3. The Labute approximate surface area is 150 Å². The summed E-state index contributed by atoms with van der Waals surface area (Å²) >= 11 is 0. The van der Waals surface area contributed by atoms with Gasteiger partial charge in [-0.15, -0.1) is 0 Å². The molecule has 2 aromatic heterocycles. The first kappa shape index (κ1) is 16.9. The van der Waals surface area contributed by atoms with E-state index in [0.29, 0.717) is 37.3 Å². The lowest BCUT2D eigenvalue weighted by atomic mass is 9.92. The highest BCUT2D eigenvalue weighted by Gasteiger charge is 2.47. The third kappa shape index (κ3) is 2.93. The number of hydrogen-bond donors (Lipinski definition) is 1. The van der Waals surface area contributed by atoms with E-state index in [4.69, 9.17) is 9.47 Å². The van der Waals surface area contributed by atoms with Crippen LogP contribution in [0.4, 0.5) is 0 Å². The predicted octanol–water partition coefficient (Wildman–Crippen LogP) is -0.134. The predicted molar refractivity (Wildman–Crippen MR) is 90.6 cm³/mol. The fraction of sp³-hybridized carbons (Fsp3) is 0.529. The first-order valence-electron chi connectivity index (χ1n) is 8.63. The molecule has 138 valence electrons. The monoisotopic (exact) mass is 359 g/mol. The SMILES string of the molecule is COC1(CNC(=O)c2cnn3ccncc23)CN(C(=O)[C@H]2CCCO2)C1. The average molecular weight is 359 g/mol. The Morgan fingerprint density at radius 3 is 3.00 bits per heavy atom. The fourth-order valence-electron chi connectivity index (χ4n) is 3.44. The van der Waals surface area contributed by atoms with E-state index in [2.05, 4.69) is 15.4 Å².